The molecule has 2 aromatic rings. The first-order chi connectivity index (χ1) is 7.77. The summed E-state index contributed by atoms with van der Waals surface area (Å²) in [7, 11) is 0. The molecule has 78 valence electrons. The van der Waals surface area contributed by atoms with E-state index in [1.807, 2.05) is 0 Å². The number of hydrogen-bond acceptors (Lipinski definition) is 1. The summed E-state index contributed by atoms with van der Waals surface area (Å²) in [6.45, 7) is 0. The van der Waals surface area contributed by atoms with Crippen LogP contribution >= 0.6 is 0 Å². The molecule has 0 bridgehead atoms. The van der Waals surface area contributed by atoms with E-state index >= 15 is 0 Å². The van der Waals surface area contributed by atoms with Crippen LogP contribution in [-0.4, -0.2) is 5.11 Å². The van der Waals surface area contributed by atoms with E-state index in [1.165, 1.54) is 6.07 Å². The average Bonchev–Trinajstić information content (AvgIpc) is 2.30. The van der Waals surface area contributed by atoms with E-state index in [1.54, 1.807) is 42.5 Å². The van der Waals surface area contributed by atoms with E-state index in [9.17, 15) is 9.50 Å². The second kappa shape index (κ2) is 4.50. The second-order valence-corrected chi connectivity index (χ2v) is 3.25. The number of para-hydroxylation sites is 1. The van der Waals surface area contributed by atoms with Gasteiger partial charge in [-0.3, -0.25) is 0 Å². The van der Waals surface area contributed by atoms with Gasteiger partial charge in [0.25, 0.3) is 0 Å². The summed E-state index contributed by atoms with van der Waals surface area (Å²) in [5.74, 6) is 5.16. The lowest BCUT2D eigenvalue weighted by Gasteiger charge is -1.94. The van der Waals surface area contributed by atoms with E-state index in [-0.39, 0.29) is 11.6 Å². The van der Waals surface area contributed by atoms with Crippen molar-refractivity contribution in [3.05, 3.63) is 65.5 Å². The van der Waals surface area contributed by atoms with Crippen LogP contribution in [0.5, 0.6) is 5.75 Å². The van der Waals surface area contributed by atoms with Crippen molar-refractivity contribution in [1.82, 2.24) is 0 Å². The molecule has 0 aliphatic heterocycles. The molecule has 1 N–H and O–H groups in total. The molecule has 1 nitrogen and oxygen atoms in total. The molecule has 0 saturated carbocycles. The number of benzene rings is 2. The summed E-state index contributed by atoms with van der Waals surface area (Å²) < 4.78 is 13.2. The van der Waals surface area contributed by atoms with Crippen molar-refractivity contribution in [3.8, 4) is 17.6 Å². The highest BCUT2D eigenvalue weighted by molar-refractivity contribution is 5.49. The van der Waals surface area contributed by atoms with Gasteiger partial charge in [0.15, 0.2) is 0 Å². The molecular formula is C14H9FO. The van der Waals surface area contributed by atoms with Crippen LogP contribution in [0.1, 0.15) is 11.1 Å². The van der Waals surface area contributed by atoms with E-state index in [2.05, 4.69) is 11.8 Å². The third-order valence-corrected chi connectivity index (χ3v) is 2.11. The first-order valence-electron chi connectivity index (χ1n) is 4.82. The Morgan fingerprint density at radius 3 is 2.06 bits per heavy atom. The van der Waals surface area contributed by atoms with Gasteiger partial charge in [-0.05, 0) is 24.3 Å². The van der Waals surface area contributed by atoms with Crippen molar-refractivity contribution in [3.63, 3.8) is 0 Å². The standard InChI is InChI=1S/C14H9FO/c15-13-7-3-1-5-11(13)9-10-12-6-2-4-8-14(12)16/h1-8,16H. The maximum atomic E-state index is 13.2. The van der Waals surface area contributed by atoms with E-state index in [0.29, 0.717) is 11.1 Å². The molecule has 2 heteroatoms. The Hall–Kier alpha value is -2.27. The fourth-order valence-corrected chi connectivity index (χ4v) is 1.28. The molecule has 2 rings (SSSR count). The summed E-state index contributed by atoms with van der Waals surface area (Å²) in [6, 6.07) is 13.0. The van der Waals surface area contributed by atoms with Gasteiger partial charge < -0.3 is 5.11 Å². The molecule has 0 spiro atoms. The second-order valence-electron chi connectivity index (χ2n) is 3.25. The zero-order chi connectivity index (χ0) is 11.4. The van der Waals surface area contributed by atoms with Gasteiger partial charge in [-0.25, -0.2) is 4.39 Å². The smallest absolute Gasteiger partial charge is 0.138 e. The predicted molar refractivity (Wildman–Crippen MR) is 60.5 cm³/mol. The normalized spacial score (nSPS) is 9.31. The van der Waals surface area contributed by atoms with Gasteiger partial charge in [-0.1, -0.05) is 36.1 Å². The topological polar surface area (TPSA) is 20.2 Å². The number of hydrogen-bond donors (Lipinski definition) is 1. The van der Waals surface area contributed by atoms with Crippen LogP contribution in [0.2, 0.25) is 0 Å². The van der Waals surface area contributed by atoms with Gasteiger partial charge in [-0.2, -0.15) is 0 Å². The Kier molecular flexibility index (Phi) is 2.88. The predicted octanol–water partition coefficient (Wildman–Crippen LogP) is 2.93. The molecule has 0 unspecified atom stereocenters. The van der Waals surface area contributed by atoms with Crippen LogP contribution in [-0.2, 0) is 0 Å². The largest absolute Gasteiger partial charge is 0.507 e. The molecule has 0 radical (unpaired) electrons. The SMILES string of the molecule is Oc1ccccc1C#Cc1ccccc1F. The molecule has 0 saturated heterocycles. The Morgan fingerprint density at radius 2 is 1.38 bits per heavy atom. The van der Waals surface area contributed by atoms with Gasteiger partial charge in [0.05, 0.1) is 11.1 Å². The van der Waals surface area contributed by atoms with Crippen molar-refractivity contribution in [2.24, 2.45) is 0 Å². The number of rotatable bonds is 0. The number of aromatic hydroxyl groups is 1. The Labute approximate surface area is 93.2 Å². The molecule has 0 aliphatic rings. The zero-order valence-electron chi connectivity index (χ0n) is 8.44. The highest BCUT2D eigenvalue weighted by atomic mass is 19.1. The monoisotopic (exact) mass is 212 g/mol. The van der Waals surface area contributed by atoms with E-state index in [4.69, 9.17) is 0 Å². The molecule has 0 aliphatic carbocycles. The van der Waals surface area contributed by atoms with Crippen molar-refractivity contribution in [2.45, 2.75) is 0 Å². The van der Waals surface area contributed by atoms with Crippen LogP contribution in [0.15, 0.2) is 48.5 Å². The Morgan fingerprint density at radius 1 is 0.812 bits per heavy atom. The summed E-state index contributed by atoms with van der Waals surface area (Å²) in [5, 5.41) is 9.46. The van der Waals surface area contributed by atoms with Crippen LogP contribution < -0.4 is 0 Å². The fraction of sp³-hybridized carbons (Fsp3) is 0. The average molecular weight is 212 g/mol. The first-order valence-corrected chi connectivity index (χ1v) is 4.82. The molecular weight excluding hydrogens is 203 g/mol. The lowest BCUT2D eigenvalue weighted by molar-refractivity contribution is 0.473. The quantitative estimate of drug-likeness (QED) is 0.666. The Bertz CT molecular complexity index is 515. The van der Waals surface area contributed by atoms with Gasteiger partial charge >= 0.3 is 0 Å². The summed E-state index contributed by atoms with van der Waals surface area (Å²) >= 11 is 0. The summed E-state index contributed by atoms with van der Waals surface area (Å²) in [6.07, 6.45) is 0. The highest BCUT2D eigenvalue weighted by Gasteiger charge is 1.96. The van der Waals surface area contributed by atoms with Gasteiger partial charge in [0, 0.05) is 0 Å². The van der Waals surface area contributed by atoms with Crippen molar-refractivity contribution in [1.29, 1.82) is 0 Å². The van der Waals surface area contributed by atoms with Crippen LogP contribution in [0.25, 0.3) is 0 Å². The fourth-order valence-electron chi connectivity index (χ4n) is 1.28. The van der Waals surface area contributed by atoms with Crippen LogP contribution in [0.4, 0.5) is 4.39 Å². The maximum absolute atomic E-state index is 13.2. The van der Waals surface area contributed by atoms with Crippen LogP contribution in [0, 0.1) is 17.7 Å². The third kappa shape index (κ3) is 2.21. The number of halogens is 1. The minimum absolute atomic E-state index is 0.103. The first kappa shape index (κ1) is 10.3. The molecule has 0 amide bonds. The van der Waals surface area contributed by atoms with Crippen molar-refractivity contribution < 1.29 is 9.50 Å². The van der Waals surface area contributed by atoms with Crippen LogP contribution in [0.3, 0.4) is 0 Å². The van der Waals surface area contributed by atoms with Gasteiger partial charge in [0.2, 0.25) is 0 Å². The molecule has 2 aromatic carbocycles. The lowest BCUT2D eigenvalue weighted by atomic mass is 10.1. The van der Waals surface area contributed by atoms with Crippen molar-refractivity contribution >= 4 is 0 Å². The summed E-state index contributed by atoms with van der Waals surface area (Å²) in [5.41, 5.74) is 0.816. The van der Waals surface area contributed by atoms with Crippen molar-refractivity contribution in [2.75, 3.05) is 0 Å². The van der Waals surface area contributed by atoms with Gasteiger partial charge in [-0.15, -0.1) is 0 Å². The number of phenols is 1. The maximum Gasteiger partial charge on any atom is 0.138 e. The summed E-state index contributed by atoms with van der Waals surface area (Å²) in [4.78, 5) is 0. The van der Waals surface area contributed by atoms with Gasteiger partial charge in [0.1, 0.15) is 11.6 Å². The zero-order valence-corrected chi connectivity index (χ0v) is 8.44. The lowest BCUT2D eigenvalue weighted by Crippen LogP contribution is -1.81. The third-order valence-electron chi connectivity index (χ3n) is 2.11. The molecule has 0 fully saturated rings. The highest BCUT2D eigenvalue weighted by Crippen LogP contribution is 2.14. The molecule has 0 aromatic heterocycles. The Balaban J connectivity index is 2.36. The molecule has 0 atom stereocenters. The minimum atomic E-state index is -0.356. The molecule has 16 heavy (non-hydrogen) atoms. The number of phenolic OH excluding ortho intramolecular Hbond substituents is 1. The molecule has 0 heterocycles. The minimum Gasteiger partial charge on any atom is -0.507 e. The van der Waals surface area contributed by atoms with E-state index in [0.717, 1.165) is 0 Å². The van der Waals surface area contributed by atoms with E-state index < -0.39 is 0 Å².